The topological polar surface area (TPSA) is 29.1 Å². The van der Waals surface area contributed by atoms with E-state index in [4.69, 9.17) is 0 Å². The van der Waals surface area contributed by atoms with E-state index in [2.05, 4.69) is 37.0 Å². The third kappa shape index (κ3) is 3.42. The number of rotatable bonds is 3. The Hall–Kier alpha value is -1.09. The van der Waals surface area contributed by atoms with Crippen LogP contribution in [-0.4, -0.2) is 5.24 Å². The molecule has 0 saturated heterocycles. The lowest BCUT2D eigenvalue weighted by molar-refractivity contribution is 0.260. The first-order chi connectivity index (χ1) is 6.22. The van der Waals surface area contributed by atoms with Crippen molar-refractivity contribution in [2.24, 2.45) is 0 Å². The molecule has 69 valence electrons. The average Bonchev–Trinajstić information content (AvgIpc) is 2.15. The number of nitrogens with one attached hydrogen (secondary N) is 1. The first kappa shape index (κ1) is 9.99. The minimum atomic E-state index is -0.403. The van der Waals surface area contributed by atoms with Crippen LogP contribution < -0.4 is 5.32 Å². The molecular formula is C10H12NOS. The maximum atomic E-state index is 10.4. The standard InChI is InChI=1S/C10H12NOS/c1-2-8-3-5-9(6-4-8)7-11-10(12)13/h3-6H,2,7H2,1H3,(H,11,12). The van der Waals surface area contributed by atoms with Crippen molar-refractivity contribution in [3.05, 3.63) is 35.4 Å². The van der Waals surface area contributed by atoms with Crippen molar-refractivity contribution in [3.8, 4) is 0 Å². The van der Waals surface area contributed by atoms with Crippen molar-refractivity contribution in [1.82, 2.24) is 5.32 Å². The summed E-state index contributed by atoms with van der Waals surface area (Å²) in [5.74, 6) is 0. The number of carbonyl (C=O) groups excluding carboxylic acids is 1. The molecule has 1 aromatic rings. The van der Waals surface area contributed by atoms with Gasteiger partial charge in [0.15, 0.2) is 0 Å². The lowest BCUT2D eigenvalue weighted by Crippen LogP contribution is -2.15. The fourth-order valence-corrected chi connectivity index (χ4v) is 1.14. The van der Waals surface area contributed by atoms with Gasteiger partial charge < -0.3 is 5.32 Å². The van der Waals surface area contributed by atoms with Crippen molar-refractivity contribution < 1.29 is 4.79 Å². The molecule has 0 heterocycles. The first-order valence-corrected chi connectivity index (χ1v) is 4.66. The quantitative estimate of drug-likeness (QED) is 0.787. The van der Waals surface area contributed by atoms with Crippen molar-refractivity contribution in [3.63, 3.8) is 0 Å². The zero-order valence-corrected chi connectivity index (χ0v) is 8.36. The molecule has 1 N–H and O–H groups in total. The second-order valence-corrected chi connectivity index (χ2v) is 3.18. The molecule has 0 spiro atoms. The number of hydrogen-bond acceptors (Lipinski definition) is 1. The predicted octanol–water partition coefficient (Wildman–Crippen LogP) is 2.66. The summed E-state index contributed by atoms with van der Waals surface area (Å²) in [6.45, 7) is 2.63. The molecule has 0 aliphatic carbocycles. The van der Waals surface area contributed by atoms with Gasteiger partial charge in [0.05, 0.1) is 0 Å². The van der Waals surface area contributed by atoms with Crippen LogP contribution in [0.2, 0.25) is 0 Å². The molecule has 13 heavy (non-hydrogen) atoms. The highest BCUT2D eigenvalue weighted by Crippen LogP contribution is 2.04. The molecule has 0 fully saturated rings. The van der Waals surface area contributed by atoms with Crippen LogP contribution in [-0.2, 0) is 13.0 Å². The van der Waals surface area contributed by atoms with Gasteiger partial charge in [0.1, 0.15) is 0 Å². The number of hydrogen-bond donors (Lipinski definition) is 1. The number of aryl methyl sites for hydroxylation is 1. The van der Waals surface area contributed by atoms with Gasteiger partial charge in [0.25, 0.3) is 0 Å². The summed E-state index contributed by atoms with van der Waals surface area (Å²) in [6.07, 6.45) is 1.04. The molecule has 0 saturated carbocycles. The molecule has 1 aromatic carbocycles. The van der Waals surface area contributed by atoms with Gasteiger partial charge in [-0.05, 0) is 30.2 Å². The van der Waals surface area contributed by atoms with Gasteiger partial charge in [-0.3, -0.25) is 4.79 Å². The molecule has 0 unspecified atom stereocenters. The van der Waals surface area contributed by atoms with Crippen LogP contribution in [0, 0.1) is 0 Å². The Morgan fingerprint density at radius 1 is 1.31 bits per heavy atom. The summed E-state index contributed by atoms with van der Waals surface area (Å²) in [7, 11) is 0. The van der Waals surface area contributed by atoms with Crippen LogP contribution in [0.4, 0.5) is 4.79 Å². The summed E-state index contributed by atoms with van der Waals surface area (Å²) >= 11 is 4.38. The van der Waals surface area contributed by atoms with E-state index in [1.165, 1.54) is 5.56 Å². The molecule has 0 aliphatic heterocycles. The summed E-state index contributed by atoms with van der Waals surface area (Å²) in [5.41, 5.74) is 2.38. The van der Waals surface area contributed by atoms with Crippen LogP contribution >= 0.6 is 12.6 Å². The maximum Gasteiger partial charge on any atom is 0.310 e. The monoisotopic (exact) mass is 194 g/mol. The SMILES string of the molecule is CCc1ccc(CNC(=O)[S])cc1. The normalized spacial score (nSPS) is 9.62. The number of amides is 1. The molecular weight excluding hydrogens is 182 g/mol. The van der Waals surface area contributed by atoms with Crippen LogP contribution in [0.3, 0.4) is 0 Å². The van der Waals surface area contributed by atoms with Gasteiger partial charge >= 0.3 is 5.24 Å². The minimum absolute atomic E-state index is 0.403. The van der Waals surface area contributed by atoms with E-state index in [1.54, 1.807) is 0 Å². The molecule has 1 radical (unpaired) electrons. The maximum absolute atomic E-state index is 10.4. The number of benzene rings is 1. The number of carbonyl (C=O) groups is 1. The molecule has 0 aromatic heterocycles. The zero-order chi connectivity index (χ0) is 9.68. The second kappa shape index (κ2) is 4.82. The first-order valence-electron chi connectivity index (χ1n) is 4.25. The fourth-order valence-electron chi connectivity index (χ4n) is 1.07. The van der Waals surface area contributed by atoms with Crippen molar-refractivity contribution in [2.45, 2.75) is 19.9 Å². The highest BCUT2D eigenvalue weighted by atomic mass is 32.1. The van der Waals surface area contributed by atoms with E-state index in [0.717, 1.165) is 12.0 Å². The van der Waals surface area contributed by atoms with Crippen molar-refractivity contribution in [2.75, 3.05) is 0 Å². The lowest BCUT2D eigenvalue weighted by Gasteiger charge is -2.02. The molecule has 3 heteroatoms. The molecule has 0 atom stereocenters. The minimum Gasteiger partial charge on any atom is -0.339 e. The van der Waals surface area contributed by atoms with E-state index < -0.39 is 5.24 Å². The molecule has 0 bridgehead atoms. The van der Waals surface area contributed by atoms with Crippen molar-refractivity contribution in [1.29, 1.82) is 0 Å². The van der Waals surface area contributed by atoms with Gasteiger partial charge in [-0.1, -0.05) is 31.2 Å². The summed E-state index contributed by atoms with van der Waals surface area (Å²) < 4.78 is 0. The third-order valence-electron chi connectivity index (χ3n) is 1.87. The fraction of sp³-hybridized carbons (Fsp3) is 0.300. The molecule has 1 rings (SSSR count). The van der Waals surface area contributed by atoms with Gasteiger partial charge in [-0.2, -0.15) is 0 Å². The van der Waals surface area contributed by atoms with E-state index in [1.807, 2.05) is 12.1 Å². The van der Waals surface area contributed by atoms with Crippen LogP contribution in [0.25, 0.3) is 0 Å². The Morgan fingerprint density at radius 3 is 2.31 bits per heavy atom. The van der Waals surface area contributed by atoms with E-state index in [-0.39, 0.29) is 0 Å². The summed E-state index contributed by atoms with van der Waals surface area (Å²) in [4.78, 5) is 10.4. The second-order valence-electron chi connectivity index (χ2n) is 2.81. The van der Waals surface area contributed by atoms with E-state index in [9.17, 15) is 4.79 Å². The Morgan fingerprint density at radius 2 is 1.85 bits per heavy atom. The highest BCUT2D eigenvalue weighted by Gasteiger charge is 1.95. The Kier molecular flexibility index (Phi) is 3.71. The van der Waals surface area contributed by atoms with E-state index in [0.29, 0.717) is 6.54 Å². The predicted molar refractivity (Wildman–Crippen MR) is 55.6 cm³/mol. The van der Waals surface area contributed by atoms with Gasteiger partial charge in [-0.25, -0.2) is 0 Å². The third-order valence-corrected chi connectivity index (χ3v) is 2.01. The van der Waals surface area contributed by atoms with Crippen LogP contribution in [0.5, 0.6) is 0 Å². The summed E-state index contributed by atoms with van der Waals surface area (Å²) in [5, 5.41) is 2.17. The molecule has 1 amide bonds. The van der Waals surface area contributed by atoms with Gasteiger partial charge in [0.2, 0.25) is 0 Å². The Bertz CT molecular complexity index is 281. The summed E-state index contributed by atoms with van der Waals surface area (Å²) in [6, 6.07) is 8.13. The Labute approximate surface area is 83.8 Å². The Balaban J connectivity index is 2.54. The van der Waals surface area contributed by atoms with Gasteiger partial charge in [0, 0.05) is 6.54 Å². The van der Waals surface area contributed by atoms with Crippen LogP contribution in [0.15, 0.2) is 24.3 Å². The molecule has 0 aliphatic rings. The molecule has 2 nitrogen and oxygen atoms in total. The zero-order valence-electron chi connectivity index (χ0n) is 7.54. The lowest BCUT2D eigenvalue weighted by atomic mass is 10.1. The highest BCUT2D eigenvalue weighted by molar-refractivity contribution is 7.96. The van der Waals surface area contributed by atoms with Gasteiger partial charge in [-0.15, -0.1) is 0 Å². The largest absolute Gasteiger partial charge is 0.339 e. The smallest absolute Gasteiger partial charge is 0.310 e. The van der Waals surface area contributed by atoms with E-state index >= 15 is 0 Å². The van der Waals surface area contributed by atoms with Crippen molar-refractivity contribution >= 4 is 17.9 Å². The van der Waals surface area contributed by atoms with Crippen LogP contribution in [0.1, 0.15) is 18.1 Å². The average molecular weight is 194 g/mol.